The Morgan fingerprint density at radius 1 is 1.13 bits per heavy atom. The predicted octanol–water partition coefficient (Wildman–Crippen LogP) is 4.07. The van der Waals surface area contributed by atoms with Gasteiger partial charge in [-0.3, -0.25) is 19.3 Å². The lowest BCUT2D eigenvalue weighted by atomic mass is 10.0. The number of carbonyl (C=O) groups is 3. The van der Waals surface area contributed by atoms with E-state index in [-0.39, 0.29) is 30.3 Å². The van der Waals surface area contributed by atoms with Gasteiger partial charge in [0.1, 0.15) is 5.75 Å². The number of imide groups is 1. The van der Waals surface area contributed by atoms with Crippen molar-refractivity contribution in [2.75, 3.05) is 20.2 Å². The number of amides is 3. The average molecular weight is 485 g/mol. The van der Waals surface area contributed by atoms with Gasteiger partial charge in [0.25, 0.3) is 11.8 Å². The van der Waals surface area contributed by atoms with Crippen LogP contribution in [0.1, 0.15) is 52.0 Å². The summed E-state index contributed by atoms with van der Waals surface area (Å²) < 4.78 is 6.06. The molecule has 162 valence electrons. The van der Waals surface area contributed by atoms with Gasteiger partial charge in [-0.2, -0.15) is 0 Å². The van der Waals surface area contributed by atoms with Crippen LogP contribution in [0.15, 0.2) is 46.9 Å². The maximum absolute atomic E-state index is 12.9. The SMILES string of the molecule is COc1cccc(CC2CCCN2C(=O)CCCN2C(=O)c3ccc(Br)cc3C2=O)c1. The van der Waals surface area contributed by atoms with E-state index in [4.69, 9.17) is 4.74 Å². The van der Waals surface area contributed by atoms with Crippen LogP contribution in [0.3, 0.4) is 0 Å². The highest BCUT2D eigenvalue weighted by atomic mass is 79.9. The van der Waals surface area contributed by atoms with E-state index in [9.17, 15) is 14.4 Å². The van der Waals surface area contributed by atoms with Gasteiger partial charge in [0.2, 0.25) is 5.91 Å². The van der Waals surface area contributed by atoms with Gasteiger partial charge in [0.15, 0.2) is 0 Å². The standard InChI is InChI=1S/C24H25BrN2O4/c1-31-19-7-2-5-16(14-19)13-18-6-3-11-26(18)22(28)8-4-12-27-23(29)20-10-9-17(25)15-21(20)24(27)30/h2,5,7,9-10,14-15,18H,3-4,6,8,11-13H2,1H3. The van der Waals surface area contributed by atoms with E-state index in [0.29, 0.717) is 24.0 Å². The van der Waals surface area contributed by atoms with Crippen molar-refractivity contribution in [1.82, 2.24) is 9.80 Å². The molecule has 7 heteroatoms. The number of ether oxygens (including phenoxy) is 1. The lowest BCUT2D eigenvalue weighted by Gasteiger charge is -2.25. The van der Waals surface area contributed by atoms with Crippen molar-refractivity contribution in [3.63, 3.8) is 0 Å². The molecule has 0 bridgehead atoms. The van der Waals surface area contributed by atoms with E-state index < -0.39 is 0 Å². The number of likely N-dealkylation sites (tertiary alicyclic amines) is 1. The van der Waals surface area contributed by atoms with E-state index in [1.807, 2.05) is 23.1 Å². The molecule has 0 saturated carbocycles. The Kier molecular flexibility index (Phi) is 6.41. The molecule has 31 heavy (non-hydrogen) atoms. The molecule has 2 aliphatic rings. The molecule has 2 aromatic rings. The minimum Gasteiger partial charge on any atom is -0.497 e. The lowest BCUT2D eigenvalue weighted by molar-refractivity contribution is -0.132. The van der Waals surface area contributed by atoms with Gasteiger partial charge in [-0.25, -0.2) is 0 Å². The second kappa shape index (κ2) is 9.22. The molecule has 2 aromatic carbocycles. The summed E-state index contributed by atoms with van der Waals surface area (Å²) in [6, 6.07) is 13.2. The summed E-state index contributed by atoms with van der Waals surface area (Å²) in [7, 11) is 1.65. The summed E-state index contributed by atoms with van der Waals surface area (Å²) in [6.07, 6.45) is 3.57. The van der Waals surface area contributed by atoms with Gasteiger partial charge in [-0.15, -0.1) is 0 Å². The Morgan fingerprint density at radius 3 is 2.74 bits per heavy atom. The van der Waals surface area contributed by atoms with E-state index in [2.05, 4.69) is 22.0 Å². The first kappa shape index (κ1) is 21.6. The van der Waals surface area contributed by atoms with Crippen LogP contribution in [0, 0.1) is 0 Å². The quantitative estimate of drug-likeness (QED) is 0.555. The zero-order valence-corrected chi connectivity index (χ0v) is 19.1. The fourth-order valence-electron chi connectivity index (χ4n) is 4.45. The van der Waals surface area contributed by atoms with Crippen molar-refractivity contribution < 1.29 is 19.1 Å². The molecule has 0 spiro atoms. The molecule has 6 nitrogen and oxygen atoms in total. The minimum atomic E-state index is -0.286. The van der Waals surface area contributed by atoms with E-state index in [1.54, 1.807) is 25.3 Å². The second-order valence-electron chi connectivity index (χ2n) is 7.99. The Bertz CT molecular complexity index is 1020. The first-order chi connectivity index (χ1) is 15.0. The summed E-state index contributed by atoms with van der Waals surface area (Å²) >= 11 is 3.34. The van der Waals surface area contributed by atoms with Crippen molar-refractivity contribution in [3.8, 4) is 5.75 Å². The number of hydrogen-bond donors (Lipinski definition) is 0. The highest BCUT2D eigenvalue weighted by Gasteiger charge is 2.35. The van der Waals surface area contributed by atoms with Gasteiger partial charge in [-0.05, 0) is 61.6 Å². The summed E-state index contributed by atoms with van der Waals surface area (Å²) in [5, 5.41) is 0. The Morgan fingerprint density at radius 2 is 1.94 bits per heavy atom. The van der Waals surface area contributed by atoms with Crippen molar-refractivity contribution in [1.29, 1.82) is 0 Å². The number of benzene rings is 2. The zero-order valence-electron chi connectivity index (χ0n) is 17.5. The smallest absolute Gasteiger partial charge is 0.261 e. The lowest BCUT2D eigenvalue weighted by Crippen LogP contribution is -2.37. The van der Waals surface area contributed by atoms with Gasteiger partial charge in [-0.1, -0.05) is 28.1 Å². The van der Waals surface area contributed by atoms with Crippen molar-refractivity contribution in [2.24, 2.45) is 0 Å². The van der Waals surface area contributed by atoms with Gasteiger partial charge < -0.3 is 9.64 Å². The van der Waals surface area contributed by atoms with Crippen LogP contribution in [0.25, 0.3) is 0 Å². The Labute approximate surface area is 190 Å². The van der Waals surface area contributed by atoms with E-state index >= 15 is 0 Å². The number of hydrogen-bond acceptors (Lipinski definition) is 4. The molecule has 2 aliphatic heterocycles. The number of fused-ring (bicyclic) bond motifs is 1. The third-order valence-electron chi connectivity index (χ3n) is 6.01. The van der Waals surface area contributed by atoms with E-state index in [0.717, 1.165) is 41.6 Å². The van der Waals surface area contributed by atoms with Crippen LogP contribution in [-0.4, -0.2) is 53.8 Å². The number of methoxy groups -OCH3 is 1. The first-order valence-electron chi connectivity index (χ1n) is 10.6. The summed E-state index contributed by atoms with van der Waals surface area (Å²) in [5.41, 5.74) is 2.00. The van der Waals surface area contributed by atoms with Crippen LogP contribution in [0.5, 0.6) is 5.75 Å². The minimum absolute atomic E-state index is 0.0877. The van der Waals surface area contributed by atoms with Crippen LogP contribution < -0.4 is 4.74 Å². The van der Waals surface area contributed by atoms with Crippen molar-refractivity contribution >= 4 is 33.7 Å². The van der Waals surface area contributed by atoms with Crippen molar-refractivity contribution in [3.05, 3.63) is 63.6 Å². The normalized spacial score (nSPS) is 17.9. The topological polar surface area (TPSA) is 66.9 Å². The van der Waals surface area contributed by atoms with Crippen LogP contribution in [0.4, 0.5) is 0 Å². The van der Waals surface area contributed by atoms with Crippen molar-refractivity contribution in [2.45, 2.75) is 38.1 Å². The summed E-state index contributed by atoms with van der Waals surface area (Å²) in [5.74, 6) is 0.342. The highest BCUT2D eigenvalue weighted by molar-refractivity contribution is 9.10. The van der Waals surface area contributed by atoms with Gasteiger partial charge in [0, 0.05) is 30.0 Å². The molecule has 0 N–H and O–H groups in total. The summed E-state index contributed by atoms with van der Waals surface area (Å²) in [4.78, 5) is 41.2. The van der Waals surface area contributed by atoms with Crippen LogP contribution in [-0.2, 0) is 11.2 Å². The van der Waals surface area contributed by atoms with Gasteiger partial charge >= 0.3 is 0 Å². The monoisotopic (exact) mass is 484 g/mol. The Balaban J connectivity index is 1.32. The molecule has 1 atom stereocenters. The maximum atomic E-state index is 12.9. The first-order valence-corrected chi connectivity index (χ1v) is 11.4. The molecule has 3 amide bonds. The van der Waals surface area contributed by atoms with Crippen LogP contribution >= 0.6 is 15.9 Å². The highest BCUT2D eigenvalue weighted by Crippen LogP contribution is 2.27. The molecule has 0 radical (unpaired) electrons. The largest absolute Gasteiger partial charge is 0.497 e. The second-order valence-corrected chi connectivity index (χ2v) is 8.91. The fraction of sp³-hybridized carbons (Fsp3) is 0.375. The van der Waals surface area contributed by atoms with Gasteiger partial charge in [0.05, 0.1) is 18.2 Å². The molecule has 4 rings (SSSR count). The number of halogens is 1. The molecular formula is C24H25BrN2O4. The summed E-state index contributed by atoms with van der Waals surface area (Å²) in [6.45, 7) is 1.01. The van der Waals surface area contributed by atoms with Crippen LogP contribution in [0.2, 0.25) is 0 Å². The molecule has 1 fully saturated rings. The zero-order chi connectivity index (χ0) is 22.0. The number of carbonyl (C=O) groups excluding carboxylic acids is 3. The molecule has 0 aromatic heterocycles. The average Bonchev–Trinajstić information content (AvgIpc) is 3.32. The Hall–Kier alpha value is -2.67. The fourth-order valence-corrected chi connectivity index (χ4v) is 4.81. The molecular weight excluding hydrogens is 460 g/mol. The van der Waals surface area contributed by atoms with E-state index in [1.165, 1.54) is 4.90 Å². The molecule has 1 saturated heterocycles. The number of rotatable bonds is 7. The maximum Gasteiger partial charge on any atom is 0.261 e. The number of nitrogens with zero attached hydrogens (tertiary/aromatic N) is 2. The third kappa shape index (κ3) is 4.51. The predicted molar refractivity (Wildman–Crippen MR) is 120 cm³/mol. The molecule has 0 aliphatic carbocycles. The molecule has 1 unspecified atom stereocenters. The molecule has 2 heterocycles. The third-order valence-corrected chi connectivity index (χ3v) is 6.50.